The number of benzene rings is 2. The van der Waals surface area contributed by atoms with E-state index in [4.69, 9.17) is 9.47 Å². The zero-order valence-electron chi connectivity index (χ0n) is 15.4. The molecule has 4 nitrogen and oxygen atoms in total. The third-order valence-electron chi connectivity index (χ3n) is 4.08. The van der Waals surface area contributed by atoms with Crippen LogP contribution in [0.1, 0.15) is 11.3 Å². The Morgan fingerprint density at radius 3 is 1.89 bits per heavy atom. The maximum atomic E-state index is 12.8. The summed E-state index contributed by atoms with van der Waals surface area (Å²) in [6.45, 7) is 0. The predicted octanol–water partition coefficient (Wildman–Crippen LogP) is 5.20. The van der Waals surface area contributed by atoms with Gasteiger partial charge >= 0.3 is 7.47 Å². The van der Waals surface area contributed by atoms with Crippen molar-refractivity contribution in [1.82, 2.24) is 4.98 Å². The summed E-state index contributed by atoms with van der Waals surface area (Å²) < 4.78 is 40.6. The topological polar surface area (TPSA) is 40.6 Å². The number of hydrogen-bond acceptors (Lipinski definition) is 4. The Kier molecular flexibility index (Phi) is 6.27. The molecule has 0 fully saturated rings. The maximum absolute atomic E-state index is 12.8. The monoisotopic (exact) mass is 381 g/mol. The minimum atomic E-state index is -2.94. The molecule has 28 heavy (non-hydrogen) atoms. The van der Waals surface area contributed by atoms with Crippen LogP contribution in [0.4, 0.5) is 8.63 Å². The second kappa shape index (κ2) is 9.04. The van der Waals surface area contributed by atoms with Gasteiger partial charge in [-0.1, -0.05) is 18.2 Å². The number of rotatable bonds is 7. The molecule has 1 heterocycles. The lowest BCUT2D eigenvalue weighted by Gasteiger charge is -2.10. The molecule has 7 heteroatoms. The van der Waals surface area contributed by atoms with Crippen LogP contribution in [0.25, 0.3) is 23.0 Å². The molecule has 0 unspecified atom stereocenters. The highest BCUT2D eigenvalue weighted by atomic mass is 19.2. The molecule has 0 saturated carbocycles. The molecular formula is C21H18BF2NO3. The third kappa shape index (κ3) is 4.88. The zero-order chi connectivity index (χ0) is 19.9. The fraction of sp³-hybridized carbons (Fsp3) is 0.0952. The smallest absolute Gasteiger partial charge is 0.505 e. The number of hydrogen-bond donors (Lipinski definition) is 0. The van der Waals surface area contributed by atoms with Crippen molar-refractivity contribution in [2.75, 3.05) is 14.2 Å². The first kappa shape index (κ1) is 19.4. The third-order valence-corrected chi connectivity index (χ3v) is 4.08. The van der Waals surface area contributed by atoms with Crippen LogP contribution in [0.3, 0.4) is 0 Å². The highest BCUT2D eigenvalue weighted by Gasteiger charge is 2.20. The van der Waals surface area contributed by atoms with E-state index < -0.39 is 7.47 Å². The lowest BCUT2D eigenvalue weighted by molar-refractivity contribution is 0.398. The van der Waals surface area contributed by atoms with Crippen molar-refractivity contribution in [2.24, 2.45) is 0 Å². The first-order chi connectivity index (χ1) is 13.6. The summed E-state index contributed by atoms with van der Waals surface area (Å²) in [5, 5.41) is 0. The Labute approximate surface area is 162 Å². The van der Waals surface area contributed by atoms with Crippen LogP contribution in [-0.2, 0) is 4.65 Å². The van der Waals surface area contributed by atoms with Crippen molar-refractivity contribution in [3.8, 4) is 22.6 Å². The second-order valence-electron chi connectivity index (χ2n) is 5.82. The summed E-state index contributed by atoms with van der Waals surface area (Å²) in [5.41, 5.74) is 2.88. The van der Waals surface area contributed by atoms with Crippen LogP contribution in [0.5, 0.6) is 11.5 Å². The lowest BCUT2D eigenvalue weighted by Crippen LogP contribution is -2.04. The zero-order valence-corrected chi connectivity index (χ0v) is 15.4. The molecule has 142 valence electrons. The van der Waals surface area contributed by atoms with E-state index in [0.717, 1.165) is 16.9 Å². The number of nitrogens with zero attached hydrogens (tertiary/aromatic N) is 1. The largest absolute Gasteiger partial charge is 0.796 e. The van der Waals surface area contributed by atoms with Gasteiger partial charge in [-0.05, 0) is 48.0 Å². The van der Waals surface area contributed by atoms with Crippen LogP contribution in [0, 0.1) is 0 Å². The van der Waals surface area contributed by atoms with E-state index in [1.165, 1.54) is 13.2 Å². The van der Waals surface area contributed by atoms with Gasteiger partial charge in [0.05, 0.1) is 19.9 Å². The standard InChI is InChI=1S/C21H18BF2NO3/c1-26-19-9-4-15(5-10-19)17-3-8-18(25-14-17)13-21(28-22(23)24)16-6-11-20(27-2)12-7-16/h3-14H,1-2H3/b21-13-. The fourth-order valence-electron chi connectivity index (χ4n) is 2.62. The molecule has 0 saturated heterocycles. The summed E-state index contributed by atoms with van der Waals surface area (Å²) >= 11 is 0. The van der Waals surface area contributed by atoms with E-state index in [0.29, 0.717) is 17.0 Å². The molecule has 1 aromatic heterocycles. The van der Waals surface area contributed by atoms with Crippen molar-refractivity contribution in [1.29, 1.82) is 0 Å². The van der Waals surface area contributed by atoms with Crippen molar-refractivity contribution in [3.05, 3.63) is 78.1 Å². The minimum Gasteiger partial charge on any atom is -0.505 e. The van der Waals surface area contributed by atoms with Gasteiger partial charge in [0.2, 0.25) is 0 Å². The van der Waals surface area contributed by atoms with Gasteiger partial charge in [0.25, 0.3) is 0 Å². The first-order valence-corrected chi connectivity index (χ1v) is 8.50. The first-order valence-electron chi connectivity index (χ1n) is 8.50. The van der Waals surface area contributed by atoms with Crippen molar-refractivity contribution in [2.45, 2.75) is 0 Å². The quantitative estimate of drug-likeness (QED) is 0.417. The average molecular weight is 381 g/mol. The van der Waals surface area contributed by atoms with Crippen LogP contribution >= 0.6 is 0 Å². The van der Waals surface area contributed by atoms with Gasteiger partial charge in [-0.2, -0.15) is 0 Å². The SMILES string of the molecule is COc1ccc(/C(=C/c2ccc(-c3ccc(OC)cc3)cn2)OB(F)F)cc1. The van der Waals surface area contributed by atoms with E-state index in [1.54, 1.807) is 43.6 Å². The number of methoxy groups -OCH3 is 2. The van der Waals surface area contributed by atoms with Crippen molar-refractivity contribution in [3.63, 3.8) is 0 Å². The van der Waals surface area contributed by atoms with Crippen molar-refractivity contribution < 1.29 is 22.8 Å². The molecule has 2 aromatic carbocycles. The van der Waals surface area contributed by atoms with Gasteiger partial charge < -0.3 is 14.1 Å². The molecule has 3 aromatic rings. The van der Waals surface area contributed by atoms with Crippen LogP contribution in [-0.4, -0.2) is 26.7 Å². The van der Waals surface area contributed by atoms with Gasteiger partial charge in [-0.25, -0.2) is 8.63 Å². The Balaban J connectivity index is 1.86. The molecule has 0 aliphatic rings. The molecular weight excluding hydrogens is 363 g/mol. The van der Waals surface area contributed by atoms with Gasteiger partial charge in [0, 0.05) is 23.4 Å². The predicted molar refractivity (Wildman–Crippen MR) is 106 cm³/mol. The van der Waals surface area contributed by atoms with Gasteiger partial charge in [0.15, 0.2) is 0 Å². The Morgan fingerprint density at radius 2 is 1.39 bits per heavy atom. The number of halogens is 2. The highest BCUT2D eigenvalue weighted by Crippen LogP contribution is 2.25. The van der Waals surface area contributed by atoms with E-state index >= 15 is 0 Å². The molecule has 0 radical (unpaired) electrons. The van der Waals surface area contributed by atoms with E-state index in [2.05, 4.69) is 9.64 Å². The number of pyridine rings is 1. The minimum absolute atomic E-state index is 0.0300. The number of ether oxygens (including phenoxy) is 2. The molecule has 0 atom stereocenters. The summed E-state index contributed by atoms with van der Waals surface area (Å²) in [5.74, 6) is 1.43. The fourth-order valence-corrected chi connectivity index (χ4v) is 2.62. The van der Waals surface area contributed by atoms with E-state index in [1.807, 2.05) is 30.3 Å². The van der Waals surface area contributed by atoms with E-state index in [-0.39, 0.29) is 5.76 Å². The van der Waals surface area contributed by atoms with Gasteiger partial charge in [-0.15, -0.1) is 0 Å². The lowest BCUT2D eigenvalue weighted by atomic mass is 10.1. The van der Waals surface area contributed by atoms with Crippen LogP contribution < -0.4 is 9.47 Å². The highest BCUT2D eigenvalue weighted by molar-refractivity contribution is 6.36. The summed E-state index contributed by atoms with van der Waals surface area (Å²) in [4.78, 5) is 4.35. The second-order valence-corrected chi connectivity index (χ2v) is 5.82. The average Bonchev–Trinajstić information content (AvgIpc) is 2.74. The molecule has 0 N–H and O–H groups in total. The van der Waals surface area contributed by atoms with E-state index in [9.17, 15) is 8.63 Å². The molecule has 3 rings (SSSR count). The molecule has 0 spiro atoms. The summed E-state index contributed by atoms with van der Waals surface area (Å²) in [6, 6.07) is 17.9. The van der Waals surface area contributed by atoms with Gasteiger partial charge in [0.1, 0.15) is 17.3 Å². The molecule has 0 aliphatic heterocycles. The van der Waals surface area contributed by atoms with Crippen LogP contribution in [0.2, 0.25) is 0 Å². The maximum Gasteiger partial charge on any atom is 0.796 e. The Morgan fingerprint density at radius 1 is 0.821 bits per heavy atom. The summed E-state index contributed by atoms with van der Waals surface area (Å²) in [7, 11) is 0.210. The summed E-state index contributed by atoms with van der Waals surface area (Å²) in [6.07, 6.45) is 3.16. The Hall–Kier alpha value is -3.35. The molecule has 0 aliphatic carbocycles. The van der Waals surface area contributed by atoms with Crippen molar-refractivity contribution >= 4 is 19.3 Å². The Bertz CT molecular complexity index is 927. The normalized spacial score (nSPS) is 11.1. The number of aromatic nitrogens is 1. The molecule has 0 amide bonds. The van der Waals surface area contributed by atoms with Crippen LogP contribution in [0.15, 0.2) is 66.9 Å². The van der Waals surface area contributed by atoms with Gasteiger partial charge in [-0.3, -0.25) is 4.98 Å². The molecule has 0 bridgehead atoms.